The van der Waals surface area contributed by atoms with E-state index in [2.05, 4.69) is 55.3 Å². The molecule has 3 aromatic rings. The van der Waals surface area contributed by atoms with E-state index in [4.69, 9.17) is 9.47 Å². The van der Waals surface area contributed by atoms with Crippen LogP contribution in [0.2, 0.25) is 0 Å². The Balaban J connectivity index is 1.31. The number of carbonyl (C=O) groups excluding carboxylic acids is 2. The molecule has 1 amide bonds. The number of hydrogen-bond acceptors (Lipinski definition) is 6. The van der Waals surface area contributed by atoms with E-state index in [0.29, 0.717) is 6.54 Å². The molecule has 5 rings (SSSR count). The maximum Gasteiger partial charge on any atom is 0.292 e. The number of aliphatic hydroxyl groups excluding tert-OH is 1. The minimum Gasteiger partial charge on any atom is -0.486 e. The molecule has 2 atom stereocenters. The Labute approximate surface area is 240 Å². The zero-order valence-electron chi connectivity index (χ0n) is 23.8. The lowest BCUT2D eigenvalue weighted by Gasteiger charge is -2.29. The number of ketones is 1. The molecule has 0 radical (unpaired) electrons. The molecule has 2 aliphatic heterocycles. The van der Waals surface area contributed by atoms with Crippen molar-refractivity contribution >= 4 is 11.7 Å². The second-order valence-corrected chi connectivity index (χ2v) is 11.8. The molecule has 0 saturated carbocycles. The summed E-state index contributed by atoms with van der Waals surface area (Å²) in [7, 11) is 0. The molecular weight excluding hydrogens is 523 g/mol. The maximum absolute atomic E-state index is 14.7. The number of fused-ring (bicyclic) bond motifs is 1. The Morgan fingerprint density at radius 3 is 2.20 bits per heavy atom. The molecule has 41 heavy (non-hydrogen) atoms. The minimum absolute atomic E-state index is 0.0103. The molecule has 216 valence electrons. The van der Waals surface area contributed by atoms with Gasteiger partial charge in [-0.3, -0.25) is 9.59 Å². The predicted molar refractivity (Wildman–Crippen MR) is 155 cm³/mol. The first-order valence-electron chi connectivity index (χ1n) is 14.2. The molecule has 2 heterocycles. The molecular formula is C33H37FN2O5. The number of likely N-dealkylation sites (tertiary alicyclic amines) is 1. The van der Waals surface area contributed by atoms with Gasteiger partial charge in [-0.25, -0.2) is 4.39 Å². The van der Waals surface area contributed by atoms with Crippen molar-refractivity contribution in [3.63, 3.8) is 0 Å². The van der Waals surface area contributed by atoms with Crippen LogP contribution in [0.1, 0.15) is 61.2 Å². The highest BCUT2D eigenvalue weighted by atomic mass is 19.1. The van der Waals surface area contributed by atoms with Gasteiger partial charge in [-0.15, -0.1) is 0 Å². The van der Waals surface area contributed by atoms with E-state index in [9.17, 15) is 19.1 Å². The second-order valence-electron chi connectivity index (χ2n) is 11.8. The van der Waals surface area contributed by atoms with Crippen molar-refractivity contribution in [2.75, 3.05) is 32.8 Å². The van der Waals surface area contributed by atoms with Gasteiger partial charge in [0.05, 0.1) is 6.04 Å². The summed E-state index contributed by atoms with van der Waals surface area (Å²) in [4.78, 5) is 28.4. The van der Waals surface area contributed by atoms with Crippen molar-refractivity contribution in [3.8, 4) is 22.6 Å². The SMILES string of the molecule is CC(C)(C)c1ccc(-c2ccc(C(=O)C(=O)NC(CN3CCCC3)C(O)c3cc(F)c4c(c3)OCCO4)cc2)cc1. The fraction of sp³-hybridized carbons (Fsp3) is 0.394. The fourth-order valence-electron chi connectivity index (χ4n) is 5.34. The normalized spacial score (nSPS) is 16.7. The number of Topliss-reactive ketones (excluding diaryl/α,β-unsaturated/α-hetero) is 1. The van der Waals surface area contributed by atoms with Gasteiger partial charge < -0.3 is 24.8 Å². The number of nitrogens with one attached hydrogen (secondary N) is 1. The van der Waals surface area contributed by atoms with Crippen LogP contribution in [0, 0.1) is 5.82 Å². The smallest absolute Gasteiger partial charge is 0.292 e. The quantitative estimate of drug-likeness (QED) is 0.296. The monoisotopic (exact) mass is 560 g/mol. The summed E-state index contributed by atoms with van der Waals surface area (Å²) in [5, 5.41) is 14.0. The average Bonchev–Trinajstić information content (AvgIpc) is 3.49. The molecule has 0 bridgehead atoms. The lowest BCUT2D eigenvalue weighted by molar-refractivity contribution is -0.118. The topological polar surface area (TPSA) is 88.1 Å². The van der Waals surface area contributed by atoms with E-state index >= 15 is 0 Å². The number of carbonyl (C=O) groups is 2. The summed E-state index contributed by atoms with van der Waals surface area (Å²) in [5.41, 5.74) is 3.73. The van der Waals surface area contributed by atoms with Crippen molar-refractivity contribution in [1.29, 1.82) is 0 Å². The zero-order valence-corrected chi connectivity index (χ0v) is 23.8. The lowest BCUT2D eigenvalue weighted by Crippen LogP contribution is -2.48. The van der Waals surface area contributed by atoms with Crippen LogP contribution in [0.5, 0.6) is 11.5 Å². The first-order chi connectivity index (χ1) is 19.6. The Morgan fingerprint density at radius 2 is 1.56 bits per heavy atom. The van der Waals surface area contributed by atoms with Gasteiger partial charge in [0, 0.05) is 12.1 Å². The molecule has 3 aromatic carbocycles. The Bertz CT molecular complexity index is 1390. The molecule has 1 saturated heterocycles. The van der Waals surface area contributed by atoms with Gasteiger partial charge in [-0.1, -0.05) is 69.3 Å². The fourth-order valence-corrected chi connectivity index (χ4v) is 5.34. The summed E-state index contributed by atoms with van der Waals surface area (Å²) in [6.07, 6.45) is 0.760. The number of aliphatic hydroxyl groups is 1. The first-order valence-corrected chi connectivity index (χ1v) is 14.2. The third-order valence-corrected chi connectivity index (χ3v) is 7.75. The third kappa shape index (κ3) is 6.60. The van der Waals surface area contributed by atoms with Gasteiger partial charge >= 0.3 is 0 Å². The highest BCUT2D eigenvalue weighted by Crippen LogP contribution is 2.36. The van der Waals surface area contributed by atoms with E-state index in [1.165, 1.54) is 17.7 Å². The number of hydrogen-bond donors (Lipinski definition) is 2. The van der Waals surface area contributed by atoms with Gasteiger partial charge in [-0.05, 0) is 65.7 Å². The largest absolute Gasteiger partial charge is 0.486 e. The Hall–Kier alpha value is -3.75. The van der Waals surface area contributed by atoms with Crippen LogP contribution in [0.15, 0.2) is 60.7 Å². The summed E-state index contributed by atoms with van der Waals surface area (Å²) in [6, 6.07) is 17.1. The van der Waals surface area contributed by atoms with Gasteiger partial charge in [0.15, 0.2) is 17.3 Å². The zero-order chi connectivity index (χ0) is 29.1. The van der Waals surface area contributed by atoms with Gasteiger partial charge in [0.1, 0.15) is 19.3 Å². The van der Waals surface area contributed by atoms with Crippen LogP contribution >= 0.6 is 0 Å². The highest BCUT2D eigenvalue weighted by molar-refractivity contribution is 6.42. The molecule has 0 aromatic heterocycles. The molecule has 0 spiro atoms. The maximum atomic E-state index is 14.7. The van der Waals surface area contributed by atoms with E-state index in [1.54, 1.807) is 12.1 Å². The second kappa shape index (κ2) is 12.0. The summed E-state index contributed by atoms with van der Waals surface area (Å²) in [6.45, 7) is 8.97. The predicted octanol–water partition coefficient (Wildman–Crippen LogP) is 5.06. The first kappa shape index (κ1) is 28.8. The van der Waals surface area contributed by atoms with Crippen LogP contribution in [-0.2, 0) is 10.2 Å². The van der Waals surface area contributed by atoms with E-state index in [1.807, 2.05) is 12.1 Å². The number of halogens is 1. The molecule has 1 fully saturated rings. The van der Waals surface area contributed by atoms with Crippen LogP contribution in [-0.4, -0.2) is 60.6 Å². The van der Waals surface area contributed by atoms with Gasteiger partial charge in [0.2, 0.25) is 5.78 Å². The van der Waals surface area contributed by atoms with Crippen molar-refractivity contribution in [3.05, 3.63) is 83.2 Å². The number of benzene rings is 3. The number of nitrogens with zero attached hydrogens (tertiary/aromatic N) is 1. The van der Waals surface area contributed by atoms with E-state index in [-0.39, 0.29) is 41.3 Å². The van der Waals surface area contributed by atoms with Gasteiger partial charge in [0.25, 0.3) is 5.91 Å². The van der Waals surface area contributed by atoms with Gasteiger partial charge in [-0.2, -0.15) is 0 Å². The number of rotatable bonds is 8. The standard InChI is InChI=1S/C33H37FN2O5/c1-33(2,3)25-12-10-22(11-13-25)21-6-8-23(9-7-21)30(38)32(39)35-27(20-36-14-4-5-15-36)29(37)24-18-26(34)31-28(19-24)40-16-17-41-31/h6-13,18-19,27,29,37H,4-5,14-17,20H2,1-3H3,(H,35,39). The van der Waals surface area contributed by atoms with Crippen LogP contribution < -0.4 is 14.8 Å². The highest BCUT2D eigenvalue weighted by Gasteiger charge is 2.31. The third-order valence-electron chi connectivity index (χ3n) is 7.75. The molecule has 7 nitrogen and oxygen atoms in total. The van der Waals surface area contributed by atoms with Crippen molar-refractivity contribution in [2.45, 2.75) is 51.2 Å². The van der Waals surface area contributed by atoms with Crippen molar-refractivity contribution in [1.82, 2.24) is 10.2 Å². The van der Waals surface area contributed by atoms with E-state index < -0.39 is 29.7 Å². The average molecular weight is 561 g/mol. The molecule has 2 unspecified atom stereocenters. The molecule has 2 N–H and O–H groups in total. The molecule has 8 heteroatoms. The van der Waals surface area contributed by atoms with Crippen LogP contribution in [0.4, 0.5) is 4.39 Å². The molecule has 2 aliphatic rings. The minimum atomic E-state index is -1.27. The van der Waals surface area contributed by atoms with Crippen molar-refractivity contribution < 1.29 is 28.6 Å². The summed E-state index contributed by atoms with van der Waals surface area (Å²) in [5.74, 6) is -1.95. The van der Waals surface area contributed by atoms with Crippen molar-refractivity contribution in [2.24, 2.45) is 0 Å². The summed E-state index contributed by atoms with van der Waals surface area (Å²) < 4.78 is 25.6. The Kier molecular flexibility index (Phi) is 8.42. The Morgan fingerprint density at radius 1 is 0.951 bits per heavy atom. The number of ether oxygens (including phenoxy) is 2. The summed E-state index contributed by atoms with van der Waals surface area (Å²) >= 11 is 0. The number of amides is 1. The lowest BCUT2D eigenvalue weighted by atomic mass is 9.86. The molecule has 0 aliphatic carbocycles. The van der Waals surface area contributed by atoms with Crippen LogP contribution in [0.25, 0.3) is 11.1 Å². The van der Waals surface area contributed by atoms with Crippen LogP contribution in [0.3, 0.4) is 0 Å². The van der Waals surface area contributed by atoms with E-state index in [0.717, 1.165) is 37.1 Å².